The van der Waals surface area contributed by atoms with Crippen molar-refractivity contribution in [2.24, 2.45) is 5.73 Å². The van der Waals surface area contributed by atoms with Gasteiger partial charge in [0, 0.05) is 23.4 Å². The monoisotopic (exact) mass is 471 g/mol. The third-order valence-corrected chi connectivity index (χ3v) is 7.97. The van der Waals surface area contributed by atoms with Gasteiger partial charge < -0.3 is 5.73 Å². The Morgan fingerprint density at radius 1 is 1.24 bits per heavy atom. The van der Waals surface area contributed by atoms with Crippen LogP contribution in [-0.4, -0.2) is 21.7 Å². The van der Waals surface area contributed by atoms with Crippen molar-refractivity contribution in [2.75, 3.05) is 10.7 Å². The van der Waals surface area contributed by atoms with E-state index in [0.29, 0.717) is 34.9 Å². The number of Topliss-reactive ketones (excluding diaryl/α,β-unsaturated/α-hetero) is 1. The highest BCUT2D eigenvalue weighted by Gasteiger charge is 2.41. The number of hydrogen-bond acceptors (Lipinski definition) is 8. The predicted molar refractivity (Wildman–Crippen MR) is 133 cm³/mol. The Morgan fingerprint density at radius 2 is 2.06 bits per heavy atom. The van der Waals surface area contributed by atoms with Gasteiger partial charge in [-0.25, -0.2) is 0 Å². The molecule has 0 bridgehead atoms. The van der Waals surface area contributed by atoms with E-state index < -0.39 is 5.92 Å². The van der Waals surface area contributed by atoms with Crippen molar-refractivity contribution < 1.29 is 4.79 Å². The zero-order chi connectivity index (χ0) is 22.9. The van der Waals surface area contributed by atoms with Crippen molar-refractivity contribution in [3.05, 3.63) is 83.3 Å². The van der Waals surface area contributed by atoms with Gasteiger partial charge in [-0.2, -0.15) is 5.26 Å². The number of benzene rings is 2. The number of rotatable bonds is 5. The topological polar surface area (TPSA) is 95.9 Å². The summed E-state index contributed by atoms with van der Waals surface area (Å²) in [6, 6.07) is 16.5. The molecule has 2 aliphatic rings. The Kier molecular flexibility index (Phi) is 5.75. The SMILES string of the molecule is C=CCSc1nnc(N2C(N)=C(C#N)C(c3ccc4ccccc4c3)C3=C2CCCC3=O)s1. The van der Waals surface area contributed by atoms with Crippen LogP contribution in [0, 0.1) is 11.3 Å². The number of nitrogens with zero attached hydrogens (tertiary/aromatic N) is 4. The zero-order valence-corrected chi connectivity index (χ0v) is 19.5. The minimum absolute atomic E-state index is 0.0606. The fourth-order valence-corrected chi connectivity index (χ4v) is 6.15. The number of hydrogen-bond donors (Lipinski definition) is 1. The molecule has 5 rings (SSSR count). The summed E-state index contributed by atoms with van der Waals surface area (Å²) in [4.78, 5) is 15.0. The molecule has 0 fully saturated rings. The number of allylic oxidation sites excluding steroid dienone is 3. The first-order valence-electron chi connectivity index (χ1n) is 10.6. The molecule has 1 aliphatic carbocycles. The Balaban J connectivity index is 1.67. The summed E-state index contributed by atoms with van der Waals surface area (Å²) in [6.07, 6.45) is 3.71. The van der Waals surface area contributed by atoms with Gasteiger partial charge in [0.2, 0.25) is 5.13 Å². The van der Waals surface area contributed by atoms with E-state index in [-0.39, 0.29) is 5.78 Å². The van der Waals surface area contributed by atoms with Crippen LogP contribution in [0.25, 0.3) is 10.8 Å². The third-order valence-electron chi connectivity index (χ3n) is 5.93. The second-order valence-corrected chi connectivity index (χ2v) is 10.1. The molecule has 0 amide bonds. The summed E-state index contributed by atoms with van der Waals surface area (Å²) in [6.45, 7) is 3.74. The van der Waals surface area contributed by atoms with E-state index in [2.05, 4.69) is 28.9 Å². The summed E-state index contributed by atoms with van der Waals surface area (Å²) in [5, 5.41) is 21.5. The fourth-order valence-electron chi connectivity index (χ4n) is 4.51. The standard InChI is InChI=1S/C25H21N5OS2/c1-2-12-32-25-29-28-24(33-25)30-19-8-5-9-20(31)22(19)21(18(14-26)23(30)27)17-11-10-15-6-3-4-7-16(15)13-17/h2-4,6-7,10-11,13,21H,1,5,8-9,12,27H2. The van der Waals surface area contributed by atoms with E-state index in [4.69, 9.17) is 5.73 Å². The van der Waals surface area contributed by atoms with Crippen molar-refractivity contribution >= 4 is 44.8 Å². The van der Waals surface area contributed by atoms with Gasteiger partial charge in [0.25, 0.3) is 0 Å². The number of anilines is 1. The third kappa shape index (κ3) is 3.73. The minimum atomic E-state index is -0.485. The van der Waals surface area contributed by atoms with Gasteiger partial charge in [-0.05, 0) is 29.2 Å². The first-order valence-corrected chi connectivity index (χ1v) is 12.4. The van der Waals surface area contributed by atoms with E-state index >= 15 is 0 Å². The van der Waals surface area contributed by atoms with Gasteiger partial charge in [0.05, 0.1) is 17.6 Å². The molecule has 164 valence electrons. The smallest absolute Gasteiger partial charge is 0.219 e. The van der Waals surface area contributed by atoms with Crippen LogP contribution in [0.2, 0.25) is 0 Å². The van der Waals surface area contributed by atoms with Crippen molar-refractivity contribution in [1.82, 2.24) is 10.2 Å². The van der Waals surface area contributed by atoms with Gasteiger partial charge in [-0.3, -0.25) is 9.69 Å². The highest BCUT2D eigenvalue weighted by Crippen LogP contribution is 2.47. The van der Waals surface area contributed by atoms with E-state index in [0.717, 1.165) is 38.5 Å². The number of fused-ring (bicyclic) bond motifs is 1. The van der Waals surface area contributed by atoms with Crippen molar-refractivity contribution in [1.29, 1.82) is 5.26 Å². The quantitative estimate of drug-likeness (QED) is 0.400. The Hall–Kier alpha value is -3.41. The number of nitrogens with two attached hydrogens (primary N) is 1. The average molecular weight is 472 g/mol. The number of carbonyl (C=O) groups is 1. The molecule has 2 heterocycles. The summed E-state index contributed by atoms with van der Waals surface area (Å²) < 4.78 is 0.789. The minimum Gasteiger partial charge on any atom is -0.384 e. The van der Waals surface area contributed by atoms with E-state index in [1.807, 2.05) is 42.5 Å². The van der Waals surface area contributed by atoms with Crippen LogP contribution in [0.4, 0.5) is 5.13 Å². The number of ketones is 1. The van der Waals surface area contributed by atoms with Gasteiger partial charge in [-0.1, -0.05) is 71.6 Å². The molecule has 2 N–H and O–H groups in total. The number of carbonyl (C=O) groups excluding carboxylic acids is 1. The highest BCUT2D eigenvalue weighted by molar-refractivity contribution is 8.01. The second-order valence-electron chi connectivity index (χ2n) is 7.87. The van der Waals surface area contributed by atoms with Crippen LogP contribution >= 0.6 is 23.1 Å². The van der Waals surface area contributed by atoms with Crippen LogP contribution in [0.3, 0.4) is 0 Å². The van der Waals surface area contributed by atoms with Crippen LogP contribution in [0.1, 0.15) is 30.7 Å². The lowest BCUT2D eigenvalue weighted by molar-refractivity contribution is -0.116. The Bertz CT molecular complexity index is 1380. The molecular weight excluding hydrogens is 450 g/mol. The van der Waals surface area contributed by atoms with E-state index in [9.17, 15) is 10.1 Å². The Labute approximate surface area is 200 Å². The second kappa shape index (κ2) is 8.85. The molecule has 6 nitrogen and oxygen atoms in total. The largest absolute Gasteiger partial charge is 0.384 e. The molecule has 0 spiro atoms. The molecule has 1 aliphatic heterocycles. The molecule has 0 saturated carbocycles. The molecule has 1 aromatic heterocycles. The van der Waals surface area contributed by atoms with Gasteiger partial charge >= 0.3 is 0 Å². The van der Waals surface area contributed by atoms with Gasteiger partial charge in [0.15, 0.2) is 10.1 Å². The van der Waals surface area contributed by atoms with Crippen molar-refractivity contribution in [3.63, 3.8) is 0 Å². The molecule has 1 atom stereocenters. The lowest BCUT2D eigenvalue weighted by atomic mass is 9.75. The average Bonchev–Trinajstić information content (AvgIpc) is 3.30. The molecule has 33 heavy (non-hydrogen) atoms. The maximum atomic E-state index is 13.3. The van der Waals surface area contributed by atoms with Crippen molar-refractivity contribution in [3.8, 4) is 6.07 Å². The number of thioether (sulfide) groups is 1. The molecule has 2 aromatic carbocycles. The summed E-state index contributed by atoms with van der Waals surface area (Å²) in [7, 11) is 0. The predicted octanol–water partition coefficient (Wildman–Crippen LogP) is 5.27. The zero-order valence-electron chi connectivity index (χ0n) is 17.8. The van der Waals surface area contributed by atoms with E-state index in [1.165, 1.54) is 23.1 Å². The first kappa shape index (κ1) is 21.4. The molecule has 1 unspecified atom stereocenters. The Morgan fingerprint density at radius 3 is 2.85 bits per heavy atom. The molecule has 3 aromatic rings. The normalized spacial score (nSPS) is 18.5. The molecule has 0 radical (unpaired) electrons. The number of aromatic nitrogens is 2. The lowest BCUT2D eigenvalue weighted by Gasteiger charge is -2.38. The van der Waals surface area contributed by atoms with Crippen LogP contribution in [-0.2, 0) is 4.79 Å². The number of nitriles is 1. The fraction of sp³-hybridized carbons (Fsp3) is 0.200. The lowest BCUT2D eigenvalue weighted by Crippen LogP contribution is -2.38. The summed E-state index contributed by atoms with van der Waals surface area (Å²) in [5.41, 5.74) is 9.37. The van der Waals surface area contributed by atoms with Crippen molar-refractivity contribution in [2.45, 2.75) is 29.5 Å². The van der Waals surface area contributed by atoms with Gasteiger partial charge in [0.1, 0.15) is 5.82 Å². The van der Waals surface area contributed by atoms with E-state index in [1.54, 1.807) is 4.90 Å². The highest BCUT2D eigenvalue weighted by atomic mass is 32.2. The summed E-state index contributed by atoms with van der Waals surface area (Å²) in [5.74, 6) is 0.618. The molecule has 8 heteroatoms. The molecule has 0 saturated heterocycles. The summed E-state index contributed by atoms with van der Waals surface area (Å²) >= 11 is 2.94. The van der Waals surface area contributed by atoms with Gasteiger partial charge in [-0.15, -0.1) is 16.8 Å². The van der Waals surface area contributed by atoms with Crippen LogP contribution in [0.5, 0.6) is 0 Å². The maximum Gasteiger partial charge on any atom is 0.219 e. The van der Waals surface area contributed by atoms with Crippen LogP contribution < -0.4 is 10.6 Å². The maximum absolute atomic E-state index is 13.3. The van der Waals surface area contributed by atoms with Crippen LogP contribution in [0.15, 0.2) is 82.1 Å². The first-order chi connectivity index (χ1) is 16.1. The molecular formula is C25H21N5OS2.